The van der Waals surface area contributed by atoms with E-state index in [1.165, 1.54) is 5.56 Å². The maximum atomic E-state index is 12.3. The lowest BCUT2D eigenvalue weighted by Crippen LogP contribution is -2.39. The van der Waals surface area contributed by atoms with Crippen LogP contribution in [0.1, 0.15) is 18.4 Å². The fourth-order valence-electron chi connectivity index (χ4n) is 3.40. The number of ether oxygens (including phenoxy) is 2. The molecule has 0 aromatic heterocycles. The summed E-state index contributed by atoms with van der Waals surface area (Å²) in [5, 5.41) is 3.03. The quantitative estimate of drug-likeness (QED) is 0.772. The van der Waals surface area contributed by atoms with Gasteiger partial charge >= 0.3 is 6.03 Å². The first-order valence-corrected chi connectivity index (χ1v) is 9.59. The van der Waals surface area contributed by atoms with Crippen LogP contribution >= 0.6 is 0 Å². The zero-order chi connectivity index (χ0) is 18.9. The number of likely N-dealkylation sites (tertiary alicyclic amines) is 1. The van der Waals surface area contributed by atoms with Crippen molar-refractivity contribution in [1.29, 1.82) is 0 Å². The van der Waals surface area contributed by atoms with E-state index in [2.05, 4.69) is 17.4 Å². The van der Waals surface area contributed by atoms with Crippen LogP contribution in [0.5, 0.6) is 11.5 Å². The third-order valence-corrected chi connectivity index (χ3v) is 4.96. The Morgan fingerprint density at radius 3 is 2.63 bits per heavy atom. The molecule has 2 aromatic carbocycles. The fourth-order valence-corrected chi connectivity index (χ4v) is 3.40. The highest BCUT2D eigenvalue weighted by atomic mass is 16.5. The van der Waals surface area contributed by atoms with Gasteiger partial charge in [-0.3, -0.25) is 0 Å². The van der Waals surface area contributed by atoms with Crippen LogP contribution in [-0.4, -0.2) is 44.3 Å². The minimum atomic E-state index is 0.0408. The third-order valence-electron chi connectivity index (χ3n) is 4.96. The number of benzene rings is 2. The molecule has 1 aliphatic rings. The largest absolute Gasteiger partial charge is 0.493 e. The molecule has 144 valence electrons. The molecular formula is C22H28N2O3. The lowest BCUT2D eigenvalue weighted by atomic mass is 10.1. The van der Waals surface area contributed by atoms with Crippen LogP contribution in [0.25, 0.3) is 0 Å². The van der Waals surface area contributed by atoms with Gasteiger partial charge in [0, 0.05) is 19.6 Å². The zero-order valence-electron chi connectivity index (χ0n) is 15.9. The molecule has 0 aliphatic carbocycles. The van der Waals surface area contributed by atoms with Crippen LogP contribution in [0.15, 0.2) is 54.6 Å². The van der Waals surface area contributed by atoms with Crippen LogP contribution < -0.4 is 14.8 Å². The van der Waals surface area contributed by atoms with Crippen LogP contribution in [-0.2, 0) is 6.42 Å². The summed E-state index contributed by atoms with van der Waals surface area (Å²) in [6, 6.07) is 17.9. The number of amides is 2. The van der Waals surface area contributed by atoms with Gasteiger partial charge in [-0.2, -0.15) is 0 Å². The van der Waals surface area contributed by atoms with E-state index in [-0.39, 0.29) is 6.03 Å². The molecule has 5 nitrogen and oxygen atoms in total. The number of methoxy groups -OCH3 is 1. The standard InChI is InChI=1S/C22H28N2O3/c1-26-20-9-5-6-10-21(20)27-16-13-19-12-15-24(17-19)22(25)23-14-11-18-7-3-2-4-8-18/h2-10,19H,11-17H2,1H3,(H,23,25). The molecule has 1 aliphatic heterocycles. The van der Waals surface area contributed by atoms with Crippen LogP contribution in [0.4, 0.5) is 4.79 Å². The molecule has 2 amide bonds. The van der Waals surface area contributed by atoms with Gasteiger partial charge in [0.05, 0.1) is 13.7 Å². The molecule has 1 fully saturated rings. The van der Waals surface area contributed by atoms with Crippen LogP contribution in [0.2, 0.25) is 0 Å². The number of carbonyl (C=O) groups excluding carboxylic acids is 1. The van der Waals surface area contributed by atoms with E-state index in [0.717, 1.165) is 43.9 Å². The Bertz CT molecular complexity index is 721. The second kappa shape index (κ2) is 9.86. The molecule has 0 saturated carbocycles. The van der Waals surface area contributed by atoms with Gasteiger partial charge in [-0.1, -0.05) is 42.5 Å². The van der Waals surface area contributed by atoms with Crippen molar-refractivity contribution in [3.8, 4) is 11.5 Å². The van der Waals surface area contributed by atoms with Gasteiger partial charge in [-0.15, -0.1) is 0 Å². The molecule has 1 N–H and O–H groups in total. The number of para-hydroxylation sites is 2. The van der Waals surface area contributed by atoms with E-state index in [1.807, 2.05) is 47.4 Å². The molecule has 0 spiro atoms. The highest BCUT2D eigenvalue weighted by Gasteiger charge is 2.25. The summed E-state index contributed by atoms with van der Waals surface area (Å²) in [5.74, 6) is 2.01. The van der Waals surface area contributed by atoms with Gasteiger partial charge in [-0.05, 0) is 42.9 Å². The molecule has 2 aromatic rings. The van der Waals surface area contributed by atoms with E-state index in [1.54, 1.807) is 7.11 Å². The summed E-state index contributed by atoms with van der Waals surface area (Å²) in [6.45, 7) is 2.92. The number of carbonyl (C=O) groups is 1. The summed E-state index contributed by atoms with van der Waals surface area (Å²) >= 11 is 0. The van der Waals surface area contributed by atoms with Crippen molar-refractivity contribution in [3.05, 3.63) is 60.2 Å². The summed E-state index contributed by atoms with van der Waals surface area (Å²) in [7, 11) is 1.65. The van der Waals surface area contributed by atoms with Crippen molar-refractivity contribution in [3.63, 3.8) is 0 Å². The molecule has 1 saturated heterocycles. The highest BCUT2D eigenvalue weighted by molar-refractivity contribution is 5.74. The first kappa shape index (κ1) is 19.1. The molecule has 1 heterocycles. The number of rotatable bonds is 8. The lowest BCUT2D eigenvalue weighted by molar-refractivity contribution is 0.205. The SMILES string of the molecule is COc1ccccc1OCCC1CCN(C(=O)NCCc2ccccc2)C1. The Hall–Kier alpha value is -2.69. The smallest absolute Gasteiger partial charge is 0.317 e. The van der Waals surface area contributed by atoms with Gasteiger partial charge in [0.25, 0.3) is 0 Å². The van der Waals surface area contributed by atoms with Gasteiger partial charge < -0.3 is 19.7 Å². The predicted octanol–water partition coefficient (Wildman–Crippen LogP) is 3.74. The van der Waals surface area contributed by atoms with E-state index < -0.39 is 0 Å². The second-order valence-corrected chi connectivity index (χ2v) is 6.86. The van der Waals surface area contributed by atoms with Gasteiger partial charge in [0.2, 0.25) is 0 Å². The average molecular weight is 368 g/mol. The fraction of sp³-hybridized carbons (Fsp3) is 0.409. The Kier molecular flexibility index (Phi) is 6.97. The first-order valence-electron chi connectivity index (χ1n) is 9.59. The van der Waals surface area contributed by atoms with Crippen molar-refractivity contribution in [2.45, 2.75) is 19.3 Å². The molecule has 27 heavy (non-hydrogen) atoms. The number of nitrogens with zero attached hydrogens (tertiary/aromatic N) is 1. The minimum absolute atomic E-state index is 0.0408. The summed E-state index contributed by atoms with van der Waals surface area (Å²) < 4.78 is 11.2. The third kappa shape index (κ3) is 5.64. The molecule has 0 bridgehead atoms. The first-order chi connectivity index (χ1) is 13.3. The number of urea groups is 1. The highest BCUT2D eigenvalue weighted by Crippen LogP contribution is 2.27. The topological polar surface area (TPSA) is 50.8 Å². The molecular weight excluding hydrogens is 340 g/mol. The van der Waals surface area contributed by atoms with Crippen molar-refractivity contribution >= 4 is 6.03 Å². The summed E-state index contributed by atoms with van der Waals surface area (Å²) in [5.41, 5.74) is 1.24. The van der Waals surface area contributed by atoms with Crippen LogP contribution in [0, 0.1) is 5.92 Å². The Morgan fingerprint density at radius 2 is 1.85 bits per heavy atom. The van der Waals surface area contributed by atoms with Gasteiger partial charge in [-0.25, -0.2) is 4.79 Å². The Morgan fingerprint density at radius 1 is 1.11 bits per heavy atom. The molecule has 5 heteroatoms. The monoisotopic (exact) mass is 368 g/mol. The Balaban J connectivity index is 1.35. The number of nitrogens with one attached hydrogen (secondary N) is 1. The molecule has 1 unspecified atom stereocenters. The molecule has 1 atom stereocenters. The predicted molar refractivity (Wildman–Crippen MR) is 106 cm³/mol. The van der Waals surface area contributed by atoms with E-state index >= 15 is 0 Å². The van der Waals surface area contributed by atoms with Crippen molar-refractivity contribution in [2.75, 3.05) is 33.4 Å². The molecule has 0 radical (unpaired) electrons. The van der Waals surface area contributed by atoms with E-state index in [4.69, 9.17) is 9.47 Å². The summed E-state index contributed by atoms with van der Waals surface area (Å²) in [4.78, 5) is 14.2. The second-order valence-electron chi connectivity index (χ2n) is 6.86. The number of hydrogen-bond donors (Lipinski definition) is 1. The van der Waals surface area contributed by atoms with E-state index in [0.29, 0.717) is 19.1 Å². The van der Waals surface area contributed by atoms with Crippen LogP contribution in [0.3, 0.4) is 0 Å². The van der Waals surface area contributed by atoms with Gasteiger partial charge in [0.15, 0.2) is 11.5 Å². The number of hydrogen-bond acceptors (Lipinski definition) is 3. The Labute approximate surface area is 161 Å². The van der Waals surface area contributed by atoms with Crippen molar-refractivity contribution in [2.24, 2.45) is 5.92 Å². The zero-order valence-corrected chi connectivity index (χ0v) is 15.9. The maximum absolute atomic E-state index is 12.3. The lowest BCUT2D eigenvalue weighted by Gasteiger charge is -2.18. The van der Waals surface area contributed by atoms with Gasteiger partial charge in [0.1, 0.15) is 0 Å². The van der Waals surface area contributed by atoms with E-state index in [9.17, 15) is 4.79 Å². The average Bonchev–Trinajstić information content (AvgIpc) is 3.18. The maximum Gasteiger partial charge on any atom is 0.317 e. The molecule has 3 rings (SSSR count). The van der Waals surface area contributed by atoms with Crippen molar-refractivity contribution in [1.82, 2.24) is 10.2 Å². The van der Waals surface area contributed by atoms with Crippen molar-refractivity contribution < 1.29 is 14.3 Å². The minimum Gasteiger partial charge on any atom is -0.493 e. The normalized spacial score (nSPS) is 16.2. The summed E-state index contributed by atoms with van der Waals surface area (Å²) in [6.07, 6.45) is 2.82.